The van der Waals surface area contributed by atoms with E-state index in [2.05, 4.69) is 31.9 Å². The minimum absolute atomic E-state index is 0.00875. The minimum atomic E-state index is -1.24. The third kappa shape index (κ3) is 5.75. The van der Waals surface area contributed by atoms with Crippen molar-refractivity contribution in [3.63, 3.8) is 0 Å². The maximum atomic E-state index is 14.0. The highest BCUT2D eigenvalue weighted by Crippen LogP contribution is 2.44. The molecule has 2 aromatic rings. The van der Waals surface area contributed by atoms with Gasteiger partial charge in [-0.3, -0.25) is 19.2 Å². The highest BCUT2D eigenvalue weighted by atomic mass is 79.9. The zero-order chi connectivity index (χ0) is 27.0. The second-order valence-electron chi connectivity index (χ2n) is 8.85. The molecular weight excluding hydrogens is 694 g/mol. The number of halogens is 6. The van der Waals surface area contributed by atoms with E-state index in [-0.39, 0.29) is 43.1 Å². The lowest BCUT2D eigenvalue weighted by atomic mass is 9.81. The molecule has 1 aliphatic heterocycles. The van der Waals surface area contributed by atoms with Gasteiger partial charge in [0.05, 0.1) is 21.9 Å². The highest BCUT2D eigenvalue weighted by Gasteiger charge is 2.56. The number of carbonyl (C=O) groups excluding carboxylic acids is 4. The topological polar surface area (TPSA) is 74.8 Å². The van der Waals surface area contributed by atoms with Crippen LogP contribution in [0.1, 0.15) is 40.0 Å². The SMILES string of the molecule is O=C(c1ccc(Cl)cc1)[C@H](CCCl)N(C(=O)c1ccc(Cl)c(Cl)c1)N1C(=O)[C@H]2C[C@@H](Br)[C@@H](Br)C[C@H]2C1=O. The molecule has 2 aromatic carbocycles. The summed E-state index contributed by atoms with van der Waals surface area (Å²) in [6, 6.07) is 9.09. The first kappa shape index (κ1) is 28.8. The van der Waals surface area contributed by atoms with Crippen molar-refractivity contribution in [2.24, 2.45) is 11.8 Å². The number of hydrogen-bond donors (Lipinski definition) is 0. The molecule has 3 amide bonds. The first-order valence-electron chi connectivity index (χ1n) is 11.3. The molecule has 5 atom stereocenters. The van der Waals surface area contributed by atoms with Gasteiger partial charge in [-0.05, 0) is 61.7 Å². The number of nitrogens with zero attached hydrogens (tertiary/aromatic N) is 2. The maximum absolute atomic E-state index is 14.0. The van der Waals surface area contributed by atoms with Gasteiger partial charge in [-0.25, -0.2) is 5.01 Å². The van der Waals surface area contributed by atoms with E-state index in [1.165, 1.54) is 30.3 Å². The summed E-state index contributed by atoms with van der Waals surface area (Å²) in [7, 11) is 0. The van der Waals surface area contributed by atoms with Crippen LogP contribution in [0.3, 0.4) is 0 Å². The van der Waals surface area contributed by atoms with E-state index in [1.54, 1.807) is 12.1 Å². The van der Waals surface area contributed by atoms with Crippen molar-refractivity contribution in [1.29, 1.82) is 0 Å². The summed E-state index contributed by atoms with van der Waals surface area (Å²) in [4.78, 5) is 55.0. The van der Waals surface area contributed by atoms with Crippen LogP contribution in [0.2, 0.25) is 15.1 Å². The molecule has 12 heteroatoms. The summed E-state index contributed by atoms with van der Waals surface area (Å²) in [5, 5.41) is 2.56. The molecule has 0 radical (unpaired) electrons. The molecule has 37 heavy (non-hydrogen) atoms. The average molecular weight is 714 g/mol. The smallest absolute Gasteiger partial charge is 0.273 e. The average Bonchev–Trinajstić information content (AvgIpc) is 3.10. The molecule has 0 aromatic heterocycles. The Morgan fingerprint density at radius 2 is 1.43 bits per heavy atom. The standard InChI is InChI=1S/C25H20Br2Cl4N2O4/c26-17-10-15-16(11-18(17)27)25(37)33(24(15)36)32(23(35)13-3-6-19(30)20(31)9-13)21(7-8-28)22(34)12-1-4-14(29)5-2-12/h1-6,9,15-18,21H,7-8,10-11H2/t15-,16+,17+,18-,21-/m0/s1. The quantitative estimate of drug-likeness (QED) is 0.180. The molecule has 196 valence electrons. The van der Waals surface area contributed by atoms with Crippen LogP contribution in [0.25, 0.3) is 0 Å². The summed E-state index contributed by atoms with van der Waals surface area (Å²) in [5.74, 6) is -3.56. The van der Waals surface area contributed by atoms with Crippen LogP contribution in [-0.2, 0) is 9.59 Å². The predicted octanol–water partition coefficient (Wildman–Crippen LogP) is 6.81. The molecule has 0 N–H and O–H groups in total. The Morgan fingerprint density at radius 3 is 1.95 bits per heavy atom. The van der Waals surface area contributed by atoms with Crippen LogP contribution in [-0.4, -0.2) is 55.1 Å². The fraction of sp³-hybridized carbons (Fsp3) is 0.360. The van der Waals surface area contributed by atoms with Gasteiger partial charge in [-0.1, -0.05) is 66.7 Å². The minimum Gasteiger partial charge on any atom is -0.292 e. The van der Waals surface area contributed by atoms with Gasteiger partial charge in [-0.2, -0.15) is 5.01 Å². The van der Waals surface area contributed by atoms with Crippen molar-refractivity contribution in [2.75, 3.05) is 5.88 Å². The van der Waals surface area contributed by atoms with E-state index in [9.17, 15) is 19.2 Å². The molecule has 4 rings (SSSR count). The van der Waals surface area contributed by atoms with Crippen molar-refractivity contribution < 1.29 is 19.2 Å². The maximum Gasteiger partial charge on any atom is 0.273 e. The third-order valence-corrected chi connectivity index (χ3v) is 10.5. The second kappa shape index (κ2) is 11.9. The van der Waals surface area contributed by atoms with Gasteiger partial charge < -0.3 is 0 Å². The molecule has 0 unspecified atom stereocenters. The Morgan fingerprint density at radius 1 is 0.892 bits per heavy atom. The van der Waals surface area contributed by atoms with Gasteiger partial charge in [0, 0.05) is 31.7 Å². The fourth-order valence-electron chi connectivity index (χ4n) is 4.70. The Labute approximate surface area is 250 Å². The molecule has 0 spiro atoms. The number of hydrogen-bond acceptors (Lipinski definition) is 4. The van der Waals surface area contributed by atoms with Gasteiger partial charge in [0.15, 0.2) is 5.78 Å². The van der Waals surface area contributed by atoms with Gasteiger partial charge in [0.25, 0.3) is 17.7 Å². The Kier molecular flexibility index (Phi) is 9.29. The zero-order valence-corrected chi connectivity index (χ0v) is 25.2. The van der Waals surface area contributed by atoms with E-state index in [4.69, 9.17) is 46.4 Å². The summed E-state index contributed by atoms with van der Waals surface area (Å²) in [6.45, 7) is 0. The van der Waals surface area contributed by atoms with Crippen LogP contribution < -0.4 is 0 Å². The Hall–Kier alpha value is -1.16. The van der Waals surface area contributed by atoms with Gasteiger partial charge in [-0.15, -0.1) is 11.6 Å². The van der Waals surface area contributed by atoms with Crippen LogP contribution in [0.4, 0.5) is 0 Å². The summed E-state index contributed by atoms with van der Waals surface area (Å²) in [5.41, 5.74) is 0.314. The lowest BCUT2D eigenvalue weighted by molar-refractivity contribution is -0.156. The second-order valence-corrected chi connectivity index (χ2v) is 12.8. The van der Waals surface area contributed by atoms with Crippen LogP contribution in [0.15, 0.2) is 42.5 Å². The molecule has 1 saturated carbocycles. The molecule has 1 aliphatic carbocycles. The number of hydrazine groups is 1. The third-order valence-electron chi connectivity index (χ3n) is 6.59. The number of ketones is 1. The lowest BCUT2D eigenvalue weighted by Gasteiger charge is -2.36. The van der Waals surface area contributed by atoms with Crippen molar-refractivity contribution in [3.05, 3.63) is 68.7 Å². The van der Waals surface area contributed by atoms with Crippen LogP contribution >= 0.6 is 78.3 Å². The Balaban J connectivity index is 1.82. The number of imide groups is 1. The van der Waals surface area contributed by atoms with E-state index < -0.39 is 41.4 Å². The van der Waals surface area contributed by atoms with Crippen molar-refractivity contribution in [2.45, 2.75) is 35.0 Å². The molecule has 1 saturated heterocycles. The number of fused-ring (bicyclic) bond motifs is 1. The van der Waals surface area contributed by atoms with Crippen molar-refractivity contribution in [3.8, 4) is 0 Å². The number of carbonyl (C=O) groups is 4. The molecule has 2 fully saturated rings. The van der Waals surface area contributed by atoms with Crippen molar-refractivity contribution >= 4 is 102 Å². The predicted molar refractivity (Wildman–Crippen MR) is 151 cm³/mol. The molecule has 6 nitrogen and oxygen atoms in total. The lowest BCUT2D eigenvalue weighted by Crippen LogP contribution is -2.57. The molecule has 2 aliphatic rings. The van der Waals surface area contributed by atoms with Gasteiger partial charge in [0.2, 0.25) is 0 Å². The van der Waals surface area contributed by atoms with E-state index in [0.29, 0.717) is 17.9 Å². The Bertz CT molecular complexity index is 1220. The highest BCUT2D eigenvalue weighted by molar-refractivity contribution is 9.12. The van der Waals surface area contributed by atoms with Gasteiger partial charge in [0.1, 0.15) is 6.04 Å². The summed E-state index contributed by atoms with van der Waals surface area (Å²) < 4.78 is 0. The zero-order valence-electron chi connectivity index (χ0n) is 19.1. The van der Waals surface area contributed by atoms with E-state index in [1.807, 2.05) is 0 Å². The molecule has 0 bridgehead atoms. The van der Waals surface area contributed by atoms with Crippen molar-refractivity contribution in [1.82, 2.24) is 10.0 Å². The van der Waals surface area contributed by atoms with Crippen LogP contribution in [0.5, 0.6) is 0 Å². The first-order chi connectivity index (χ1) is 17.5. The fourth-order valence-corrected chi connectivity index (χ4v) is 6.57. The number of alkyl halides is 3. The molecular formula is C25H20Br2Cl4N2O4. The molecule has 1 heterocycles. The number of amides is 3. The van der Waals surface area contributed by atoms with Gasteiger partial charge >= 0.3 is 0 Å². The largest absolute Gasteiger partial charge is 0.292 e. The summed E-state index contributed by atoms with van der Waals surface area (Å²) >= 11 is 31.4. The first-order valence-corrected chi connectivity index (χ1v) is 14.8. The van der Waals surface area contributed by atoms with E-state index in [0.717, 1.165) is 10.0 Å². The number of rotatable bonds is 7. The van der Waals surface area contributed by atoms with E-state index >= 15 is 0 Å². The van der Waals surface area contributed by atoms with Crippen LogP contribution in [0, 0.1) is 11.8 Å². The monoisotopic (exact) mass is 710 g/mol. The number of benzene rings is 2. The summed E-state index contributed by atoms with van der Waals surface area (Å²) in [6.07, 6.45) is 0.800. The number of Topliss-reactive ketones (excluding diaryl/α,β-unsaturated/α-hetero) is 1. The normalized spacial score (nSPS) is 24.1.